The third kappa shape index (κ3) is 2.92. The van der Waals surface area contributed by atoms with E-state index in [-0.39, 0.29) is 18.1 Å². The van der Waals surface area contributed by atoms with Crippen LogP contribution in [0.2, 0.25) is 0 Å². The Labute approximate surface area is 131 Å². The summed E-state index contributed by atoms with van der Waals surface area (Å²) < 4.78 is 7.82. The second-order valence-electron chi connectivity index (χ2n) is 5.55. The molecule has 5 unspecified atom stereocenters. The average molecular weight is 392 g/mol. The van der Waals surface area contributed by atoms with E-state index >= 15 is 0 Å². The highest BCUT2D eigenvalue weighted by molar-refractivity contribution is 9.11. The molecular weight excluding hydrogens is 372 g/mol. The van der Waals surface area contributed by atoms with E-state index in [1.165, 1.54) is 0 Å². The van der Waals surface area contributed by atoms with E-state index in [9.17, 15) is 5.11 Å². The van der Waals surface area contributed by atoms with Gasteiger partial charge in [-0.2, -0.15) is 0 Å². The lowest BCUT2D eigenvalue weighted by molar-refractivity contribution is 0.0229. The quantitative estimate of drug-likeness (QED) is 0.797. The van der Waals surface area contributed by atoms with Gasteiger partial charge in [-0.1, -0.05) is 38.8 Å². The highest BCUT2D eigenvalue weighted by Gasteiger charge is 2.42. The molecule has 19 heavy (non-hydrogen) atoms. The van der Waals surface area contributed by atoms with Gasteiger partial charge in [0.1, 0.15) is 0 Å². The molecule has 2 rings (SSSR count). The first kappa shape index (κ1) is 15.5. The number of hydrogen-bond acceptors (Lipinski definition) is 2. The van der Waals surface area contributed by atoms with Gasteiger partial charge in [0.2, 0.25) is 0 Å². The maximum absolute atomic E-state index is 10.7. The van der Waals surface area contributed by atoms with Crippen LogP contribution in [0, 0.1) is 18.8 Å². The van der Waals surface area contributed by atoms with Gasteiger partial charge in [0, 0.05) is 14.9 Å². The second kappa shape index (κ2) is 5.84. The zero-order valence-corrected chi connectivity index (χ0v) is 14.8. The van der Waals surface area contributed by atoms with Crippen LogP contribution in [0.5, 0.6) is 0 Å². The third-order valence-corrected chi connectivity index (χ3v) is 5.82. The van der Waals surface area contributed by atoms with Gasteiger partial charge in [0.15, 0.2) is 0 Å². The fraction of sp³-hybridized carbons (Fsp3) is 0.600. The Morgan fingerprint density at radius 3 is 2.26 bits per heavy atom. The van der Waals surface area contributed by atoms with Crippen LogP contribution in [0.3, 0.4) is 0 Å². The van der Waals surface area contributed by atoms with Crippen molar-refractivity contribution < 1.29 is 9.84 Å². The molecule has 1 aromatic carbocycles. The first-order chi connectivity index (χ1) is 8.82. The lowest BCUT2D eigenvalue weighted by Crippen LogP contribution is -2.25. The van der Waals surface area contributed by atoms with Crippen molar-refractivity contribution in [1.29, 1.82) is 0 Å². The van der Waals surface area contributed by atoms with Crippen LogP contribution in [0.4, 0.5) is 0 Å². The molecule has 1 aliphatic rings. The van der Waals surface area contributed by atoms with Crippen LogP contribution in [-0.2, 0) is 4.74 Å². The summed E-state index contributed by atoms with van der Waals surface area (Å²) >= 11 is 7.10. The topological polar surface area (TPSA) is 29.5 Å². The number of aliphatic hydroxyl groups excluding tert-OH is 1. The predicted octanol–water partition coefficient (Wildman–Crippen LogP) is 4.61. The van der Waals surface area contributed by atoms with Crippen LogP contribution >= 0.6 is 31.9 Å². The molecule has 1 aromatic rings. The van der Waals surface area contributed by atoms with Gasteiger partial charge in [-0.05, 0) is 49.9 Å². The van der Waals surface area contributed by atoms with Gasteiger partial charge < -0.3 is 9.84 Å². The van der Waals surface area contributed by atoms with Crippen molar-refractivity contribution in [3.05, 3.63) is 32.2 Å². The molecule has 2 nitrogen and oxygen atoms in total. The van der Waals surface area contributed by atoms with Crippen molar-refractivity contribution in [3.63, 3.8) is 0 Å². The number of ether oxygens (including phenoxy) is 1. The van der Waals surface area contributed by atoms with Gasteiger partial charge >= 0.3 is 0 Å². The zero-order valence-electron chi connectivity index (χ0n) is 11.7. The van der Waals surface area contributed by atoms with Gasteiger partial charge in [-0.25, -0.2) is 0 Å². The van der Waals surface area contributed by atoms with E-state index in [0.717, 1.165) is 20.1 Å². The lowest BCUT2D eigenvalue weighted by atomic mass is 9.82. The van der Waals surface area contributed by atoms with Gasteiger partial charge in [0.05, 0.1) is 18.3 Å². The minimum Gasteiger partial charge on any atom is -0.388 e. The first-order valence-electron chi connectivity index (χ1n) is 6.62. The number of aliphatic hydroxyl groups is 1. The molecule has 0 spiro atoms. The fourth-order valence-electron chi connectivity index (χ4n) is 2.93. The Balaban J connectivity index is 2.34. The van der Waals surface area contributed by atoms with Gasteiger partial charge in [-0.15, -0.1) is 0 Å². The number of rotatable bonds is 2. The molecule has 1 aliphatic heterocycles. The zero-order chi connectivity index (χ0) is 14.3. The second-order valence-corrected chi connectivity index (χ2v) is 7.26. The smallest absolute Gasteiger partial charge is 0.0857 e. The highest BCUT2D eigenvalue weighted by atomic mass is 79.9. The summed E-state index contributed by atoms with van der Waals surface area (Å²) in [6, 6.07) is 4.05. The van der Waals surface area contributed by atoms with Crippen LogP contribution in [0.1, 0.15) is 38.0 Å². The fourth-order valence-corrected chi connectivity index (χ4v) is 3.99. The van der Waals surface area contributed by atoms with Crippen molar-refractivity contribution in [2.24, 2.45) is 11.8 Å². The van der Waals surface area contributed by atoms with E-state index in [4.69, 9.17) is 4.74 Å². The molecule has 0 saturated carbocycles. The molecule has 0 aromatic heterocycles. The summed E-state index contributed by atoms with van der Waals surface area (Å²) in [5.74, 6) is 0.470. The molecule has 0 radical (unpaired) electrons. The molecule has 0 aliphatic carbocycles. The summed E-state index contributed by atoms with van der Waals surface area (Å²) in [7, 11) is 0. The molecule has 0 bridgehead atoms. The van der Waals surface area contributed by atoms with E-state index < -0.39 is 6.10 Å². The Hall–Kier alpha value is 0.1000. The predicted molar refractivity (Wildman–Crippen MR) is 84.2 cm³/mol. The Morgan fingerprint density at radius 2 is 1.74 bits per heavy atom. The molecule has 1 fully saturated rings. The molecule has 1 heterocycles. The molecule has 1 saturated heterocycles. The van der Waals surface area contributed by atoms with Gasteiger partial charge in [-0.3, -0.25) is 0 Å². The Morgan fingerprint density at radius 1 is 1.11 bits per heavy atom. The third-order valence-electron chi connectivity index (χ3n) is 4.28. The van der Waals surface area contributed by atoms with E-state index in [1.54, 1.807) is 0 Å². The van der Waals surface area contributed by atoms with Crippen molar-refractivity contribution >= 4 is 31.9 Å². The minimum absolute atomic E-state index is 0.0759. The van der Waals surface area contributed by atoms with Crippen molar-refractivity contribution in [1.82, 2.24) is 0 Å². The SMILES string of the molecule is Cc1cc(Br)c(C(O)C2C(C)OC(C)C2C)cc1Br. The number of benzene rings is 1. The van der Waals surface area contributed by atoms with Crippen molar-refractivity contribution in [3.8, 4) is 0 Å². The summed E-state index contributed by atoms with van der Waals surface area (Å²) in [5.41, 5.74) is 2.08. The Kier molecular flexibility index (Phi) is 4.76. The first-order valence-corrected chi connectivity index (χ1v) is 8.20. The molecule has 5 atom stereocenters. The number of aryl methyl sites for hydroxylation is 1. The van der Waals surface area contributed by atoms with Crippen LogP contribution in [0.25, 0.3) is 0 Å². The van der Waals surface area contributed by atoms with Crippen molar-refractivity contribution in [2.45, 2.75) is 46.0 Å². The van der Waals surface area contributed by atoms with Crippen LogP contribution < -0.4 is 0 Å². The van der Waals surface area contributed by atoms with Crippen LogP contribution in [-0.4, -0.2) is 17.3 Å². The lowest BCUT2D eigenvalue weighted by Gasteiger charge is -2.26. The maximum Gasteiger partial charge on any atom is 0.0857 e. The molecule has 0 amide bonds. The minimum atomic E-state index is -0.513. The highest BCUT2D eigenvalue weighted by Crippen LogP contribution is 2.43. The molecular formula is C15H20Br2O2. The normalized spacial score (nSPS) is 32.6. The summed E-state index contributed by atoms with van der Waals surface area (Å²) in [6.07, 6.45) is -0.240. The standard InChI is InChI=1S/C15H20Br2O2/c1-7-5-13(17)11(6-12(7)16)15(18)14-8(2)9(3)19-10(14)4/h5-6,8-10,14-15,18H,1-4H3. The summed E-state index contributed by atoms with van der Waals surface area (Å²) in [5, 5.41) is 10.7. The van der Waals surface area contributed by atoms with Crippen molar-refractivity contribution in [2.75, 3.05) is 0 Å². The maximum atomic E-state index is 10.7. The van der Waals surface area contributed by atoms with Crippen LogP contribution in [0.15, 0.2) is 21.1 Å². The van der Waals surface area contributed by atoms with E-state index in [2.05, 4.69) is 45.7 Å². The molecule has 106 valence electrons. The number of hydrogen-bond donors (Lipinski definition) is 1. The van der Waals surface area contributed by atoms with Gasteiger partial charge in [0.25, 0.3) is 0 Å². The molecule has 4 heteroatoms. The van der Waals surface area contributed by atoms with E-state index in [1.807, 2.05) is 26.0 Å². The monoisotopic (exact) mass is 390 g/mol. The summed E-state index contributed by atoms with van der Waals surface area (Å²) in [6.45, 7) is 8.31. The molecule has 1 N–H and O–H groups in total. The largest absolute Gasteiger partial charge is 0.388 e. The Bertz CT molecular complexity index is 475. The number of halogens is 2. The van der Waals surface area contributed by atoms with E-state index in [0.29, 0.717) is 5.92 Å². The summed E-state index contributed by atoms with van der Waals surface area (Å²) in [4.78, 5) is 0. The average Bonchev–Trinajstić information content (AvgIpc) is 2.57.